The van der Waals surface area contributed by atoms with Gasteiger partial charge in [0.15, 0.2) is 5.65 Å². The lowest BCUT2D eigenvalue weighted by atomic mass is 10.2. The molecule has 1 fully saturated rings. The summed E-state index contributed by atoms with van der Waals surface area (Å²) in [6, 6.07) is 7.50. The minimum Gasteiger partial charge on any atom is -0.481 e. The lowest BCUT2D eigenvalue weighted by molar-refractivity contribution is 0.200. The second-order valence-electron chi connectivity index (χ2n) is 7.26. The molecule has 0 bridgehead atoms. The number of nitrogens with zero attached hydrogens (tertiary/aromatic N) is 6. The number of carbonyl (C=O) groups is 1. The number of aryl methyl sites for hydroxylation is 2. The molecule has 9 heteroatoms. The second kappa shape index (κ2) is 7.57. The predicted octanol–water partition coefficient (Wildman–Crippen LogP) is 2.49. The lowest BCUT2D eigenvalue weighted by Gasteiger charge is -2.40. The summed E-state index contributed by atoms with van der Waals surface area (Å²) in [6.07, 6.45) is 1.80. The van der Waals surface area contributed by atoms with Gasteiger partial charge in [0.2, 0.25) is 5.88 Å². The minimum absolute atomic E-state index is 0.124. The first-order valence-corrected chi connectivity index (χ1v) is 9.62. The third-order valence-electron chi connectivity index (χ3n) is 5.18. The van der Waals surface area contributed by atoms with Crippen LogP contribution in [-0.4, -0.2) is 63.3 Å². The van der Waals surface area contributed by atoms with Crippen molar-refractivity contribution >= 4 is 23.2 Å². The molecule has 1 aliphatic heterocycles. The van der Waals surface area contributed by atoms with Crippen LogP contribution in [0.15, 0.2) is 30.5 Å². The Kier molecular flexibility index (Phi) is 4.96. The Balaban J connectivity index is 1.46. The summed E-state index contributed by atoms with van der Waals surface area (Å²) in [6.45, 7) is 7.86. The van der Waals surface area contributed by atoms with Crippen molar-refractivity contribution in [3.8, 4) is 5.88 Å². The molecule has 29 heavy (non-hydrogen) atoms. The summed E-state index contributed by atoms with van der Waals surface area (Å²) in [5, 5.41) is 7.52. The molecular formula is C20H25N7O2. The van der Waals surface area contributed by atoms with Crippen LogP contribution in [-0.2, 0) is 0 Å². The zero-order chi connectivity index (χ0) is 20.5. The summed E-state index contributed by atoms with van der Waals surface area (Å²) in [7, 11) is 1.57. The number of anilines is 2. The first kappa shape index (κ1) is 19.0. The molecular weight excluding hydrogens is 370 g/mol. The van der Waals surface area contributed by atoms with Crippen LogP contribution < -0.4 is 15.0 Å². The van der Waals surface area contributed by atoms with E-state index >= 15 is 0 Å². The van der Waals surface area contributed by atoms with Crippen LogP contribution in [0.25, 0.3) is 5.65 Å². The zero-order valence-electron chi connectivity index (χ0n) is 17.1. The van der Waals surface area contributed by atoms with Crippen LogP contribution in [0.2, 0.25) is 0 Å². The normalized spacial score (nSPS) is 16.9. The van der Waals surface area contributed by atoms with Gasteiger partial charge in [-0.3, -0.25) is 0 Å². The molecule has 1 unspecified atom stereocenters. The molecule has 0 radical (unpaired) electrons. The number of urea groups is 1. The van der Waals surface area contributed by atoms with Crippen molar-refractivity contribution in [2.45, 2.75) is 26.8 Å². The van der Waals surface area contributed by atoms with E-state index in [4.69, 9.17) is 4.74 Å². The molecule has 0 aliphatic carbocycles. The third kappa shape index (κ3) is 3.67. The van der Waals surface area contributed by atoms with E-state index in [0.717, 1.165) is 22.9 Å². The van der Waals surface area contributed by atoms with Crippen LogP contribution in [0.5, 0.6) is 5.88 Å². The van der Waals surface area contributed by atoms with E-state index in [1.54, 1.807) is 19.4 Å². The first-order chi connectivity index (χ1) is 14.0. The van der Waals surface area contributed by atoms with Crippen LogP contribution in [0.1, 0.15) is 18.3 Å². The molecule has 1 N–H and O–H groups in total. The van der Waals surface area contributed by atoms with Gasteiger partial charge in [-0.2, -0.15) is 9.61 Å². The van der Waals surface area contributed by atoms with Gasteiger partial charge in [0, 0.05) is 44.0 Å². The molecule has 1 aliphatic rings. The van der Waals surface area contributed by atoms with Crippen LogP contribution in [0, 0.1) is 13.8 Å². The summed E-state index contributed by atoms with van der Waals surface area (Å²) >= 11 is 0. The van der Waals surface area contributed by atoms with Crippen molar-refractivity contribution in [2.75, 3.05) is 37.0 Å². The van der Waals surface area contributed by atoms with E-state index in [1.807, 2.05) is 41.5 Å². The maximum atomic E-state index is 12.8. The molecule has 2 amide bonds. The van der Waals surface area contributed by atoms with Crippen LogP contribution in [0.3, 0.4) is 0 Å². The monoisotopic (exact) mass is 395 g/mol. The number of rotatable bonds is 3. The van der Waals surface area contributed by atoms with Gasteiger partial charge in [-0.25, -0.2) is 14.8 Å². The summed E-state index contributed by atoms with van der Waals surface area (Å²) in [5.74, 6) is 1.52. The third-order valence-corrected chi connectivity index (χ3v) is 5.18. The van der Waals surface area contributed by atoms with E-state index in [-0.39, 0.29) is 12.1 Å². The fraction of sp³-hybridized carbons (Fsp3) is 0.400. The number of methoxy groups -OCH3 is 1. The SMILES string of the molecule is COc1ccc(NC(=O)N2CCN(c3ccnc4cc(C)nn34)C(C)C2)c(C)n1. The highest BCUT2D eigenvalue weighted by molar-refractivity contribution is 5.90. The van der Waals surface area contributed by atoms with Crippen LogP contribution >= 0.6 is 0 Å². The fourth-order valence-electron chi connectivity index (χ4n) is 3.68. The van der Waals surface area contributed by atoms with Crippen molar-refractivity contribution in [1.29, 1.82) is 0 Å². The second-order valence-corrected chi connectivity index (χ2v) is 7.26. The van der Waals surface area contributed by atoms with Gasteiger partial charge in [0.25, 0.3) is 0 Å². The Hall–Kier alpha value is -3.36. The van der Waals surface area contributed by atoms with Crippen molar-refractivity contribution in [1.82, 2.24) is 24.5 Å². The number of amides is 2. The maximum Gasteiger partial charge on any atom is 0.322 e. The number of hydrogen-bond donors (Lipinski definition) is 1. The van der Waals surface area contributed by atoms with E-state index in [2.05, 4.69) is 32.2 Å². The number of aromatic nitrogens is 4. The van der Waals surface area contributed by atoms with Gasteiger partial charge in [0.05, 0.1) is 24.2 Å². The Morgan fingerprint density at radius 1 is 1.24 bits per heavy atom. The Morgan fingerprint density at radius 2 is 2.07 bits per heavy atom. The molecule has 9 nitrogen and oxygen atoms in total. The van der Waals surface area contributed by atoms with E-state index in [9.17, 15) is 4.79 Å². The molecule has 0 aromatic carbocycles. The van der Waals surface area contributed by atoms with Crippen molar-refractivity contribution in [3.63, 3.8) is 0 Å². The molecule has 152 valence electrons. The van der Waals surface area contributed by atoms with Gasteiger partial charge < -0.3 is 19.9 Å². The number of ether oxygens (including phenoxy) is 1. The molecule has 4 rings (SSSR count). The van der Waals surface area contributed by atoms with E-state index in [1.165, 1.54) is 0 Å². The molecule has 0 saturated carbocycles. The van der Waals surface area contributed by atoms with Crippen molar-refractivity contribution in [2.24, 2.45) is 0 Å². The fourth-order valence-corrected chi connectivity index (χ4v) is 3.68. The highest BCUT2D eigenvalue weighted by Crippen LogP contribution is 2.23. The van der Waals surface area contributed by atoms with Crippen molar-refractivity contribution in [3.05, 3.63) is 41.9 Å². The summed E-state index contributed by atoms with van der Waals surface area (Å²) in [4.78, 5) is 25.6. The smallest absolute Gasteiger partial charge is 0.322 e. The minimum atomic E-state index is -0.124. The number of piperazine rings is 1. The molecule has 4 heterocycles. The molecule has 0 spiro atoms. The average Bonchev–Trinajstić information content (AvgIpc) is 3.09. The summed E-state index contributed by atoms with van der Waals surface area (Å²) in [5.41, 5.74) is 3.17. The molecule has 3 aromatic heterocycles. The van der Waals surface area contributed by atoms with Gasteiger partial charge in [0.1, 0.15) is 5.82 Å². The van der Waals surface area contributed by atoms with Crippen LogP contribution in [0.4, 0.5) is 16.3 Å². The molecule has 3 aromatic rings. The number of carbonyl (C=O) groups excluding carboxylic acids is 1. The largest absolute Gasteiger partial charge is 0.481 e. The highest BCUT2D eigenvalue weighted by Gasteiger charge is 2.28. The van der Waals surface area contributed by atoms with E-state index in [0.29, 0.717) is 31.2 Å². The van der Waals surface area contributed by atoms with Gasteiger partial charge in [-0.1, -0.05) is 0 Å². The quantitative estimate of drug-likeness (QED) is 0.733. The zero-order valence-corrected chi connectivity index (χ0v) is 17.1. The maximum absolute atomic E-state index is 12.8. The molecule has 1 atom stereocenters. The lowest BCUT2D eigenvalue weighted by Crippen LogP contribution is -2.55. The number of nitrogens with one attached hydrogen (secondary N) is 1. The van der Waals surface area contributed by atoms with Gasteiger partial charge in [-0.05, 0) is 32.9 Å². The topological polar surface area (TPSA) is 87.9 Å². The number of hydrogen-bond acceptors (Lipinski definition) is 6. The van der Waals surface area contributed by atoms with E-state index < -0.39 is 0 Å². The average molecular weight is 395 g/mol. The van der Waals surface area contributed by atoms with Crippen molar-refractivity contribution < 1.29 is 9.53 Å². The highest BCUT2D eigenvalue weighted by atomic mass is 16.5. The number of pyridine rings is 1. The first-order valence-electron chi connectivity index (χ1n) is 9.62. The Bertz CT molecular complexity index is 1050. The summed E-state index contributed by atoms with van der Waals surface area (Å²) < 4.78 is 6.99. The molecule has 1 saturated heterocycles. The Labute approximate surface area is 169 Å². The van der Waals surface area contributed by atoms with Gasteiger partial charge in [-0.15, -0.1) is 0 Å². The predicted molar refractivity (Wildman–Crippen MR) is 111 cm³/mol. The number of fused-ring (bicyclic) bond motifs is 1. The van der Waals surface area contributed by atoms with Gasteiger partial charge >= 0.3 is 6.03 Å². The Morgan fingerprint density at radius 3 is 2.79 bits per heavy atom. The standard InChI is InChI=1S/C20H25N7O2/c1-13-11-17-21-8-7-19(27(17)24-13)26-10-9-25(12-14(26)2)20(28)23-16-5-6-18(29-4)22-15(16)3/h5-8,11,14H,9-10,12H2,1-4H3,(H,23,28).